The lowest BCUT2D eigenvalue weighted by molar-refractivity contribution is 0.0518. The van der Waals surface area contributed by atoms with Crippen LogP contribution in [0.5, 0.6) is 0 Å². The first-order valence-electron chi connectivity index (χ1n) is 5.12. The second kappa shape index (κ2) is 6.27. The van der Waals surface area contributed by atoms with Crippen molar-refractivity contribution < 1.29 is 9.53 Å². The molecule has 0 radical (unpaired) electrons. The summed E-state index contributed by atoms with van der Waals surface area (Å²) in [5.41, 5.74) is -0.450. The fraction of sp³-hybridized carbons (Fsp3) is 0.583. The smallest absolute Gasteiger partial charge is 0.408 e. The average molecular weight is 211 g/mol. The molecular weight excluding hydrogens is 190 g/mol. The Balaban J connectivity index is 3.91. The highest BCUT2D eigenvalue weighted by atomic mass is 16.6. The minimum atomic E-state index is -0.450. The van der Waals surface area contributed by atoms with Crippen LogP contribution in [0.25, 0.3) is 0 Å². The van der Waals surface area contributed by atoms with E-state index in [2.05, 4.69) is 11.9 Å². The van der Waals surface area contributed by atoms with Crippen molar-refractivity contribution in [1.82, 2.24) is 5.32 Å². The summed E-state index contributed by atoms with van der Waals surface area (Å²) in [6.07, 6.45) is 6.08. The second-order valence-electron chi connectivity index (χ2n) is 4.39. The lowest BCUT2D eigenvalue weighted by atomic mass is 10.2. The van der Waals surface area contributed by atoms with Crippen LogP contribution < -0.4 is 5.32 Å². The van der Waals surface area contributed by atoms with Crippen LogP contribution in [0.15, 0.2) is 24.8 Å². The van der Waals surface area contributed by atoms with Crippen LogP contribution in [0.1, 0.15) is 34.1 Å². The van der Waals surface area contributed by atoms with Gasteiger partial charge in [-0.05, 0) is 34.1 Å². The first kappa shape index (κ1) is 13.8. The second-order valence-corrected chi connectivity index (χ2v) is 4.39. The van der Waals surface area contributed by atoms with Gasteiger partial charge in [-0.15, -0.1) is 6.58 Å². The molecule has 0 aromatic heterocycles. The minimum Gasteiger partial charge on any atom is -0.444 e. The number of carbonyl (C=O) groups is 1. The molecule has 0 unspecified atom stereocenters. The Morgan fingerprint density at radius 1 is 1.53 bits per heavy atom. The summed E-state index contributed by atoms with van der Waals surface area (Å²) in [5, 5.41) is 2.71. The zero-order valence-electron chi connectivity index (χ0n) is 10.0. The summed E-state index contributed by atoms with van der Waals surface area (Å²) in [6.45, 7) is 11.0. The predicted molar refractivity (Wildman–Crippen MR) is 62.8 cm³/mol. The van der Waals surface area contributed by atoms with E-state index in [0.29, 0.717) is 0 Å². The van der Waals surface area contributed by atoms with Crippen LogP contribution in [0.2, 0.25) is 0 Å². The SMILES string of the molecule is C=CCC=C[C@H](C)NC(=O)OC(C)(C)C. The van der Waals surface area contributed by atoms with Crippen LogP contribution in [0.4, 0.5) is 4.79 Å². The van der Waals surface area contributed by atoms with Gasteiger partial charge in [0.05, 0.1) is 0 Å². The molecule has 1 amide bonds. The Kier molecular flexibility index (Phi) is 5.75. The van der Waals surface area contributed by atoms with Crippen LogP contribution in [-0.4, -0.2) is 17.7 Å². The number of hydrogen-bond acceptors (Lipinski definition) is 2. The summed E-state index contributed by atoms with van der Waals surface area (Å²) in [4.78, 5) is 11.3. The summed E-state index contributed by atoms with van der Waals surface area (Å²) in [5.74, 6) is 0. The number of rotatable bonds is 4. The monoisotopic (exact) mass is 211 g/mol. The number of hydrogen-bond donors (Lipinski definition) is 1. The Labute approximate surface area is 92.2 Å². The molecule has 0 aromatic rings. The van der Waals surface area contributed by atoms with E-state index in [-0.39, 0.29) is 6.04 Å². The van der Waals surface area contributed by atoms with E-state index in [4.69, 9.17) is 4.74 Å². The highest BCUT2D eigenvalue weighted by Gasteiger charge is 2.16. The van der Waals surface area contributed by atoms with E-state index in [1.54, 1.807) is 6.08 Å². The molecule has 0 aliphatic heterocycles. The molecule has 0 fully saturated rings. The van der Waals surface area contributed by atoms with E-state index in [1.165, 1.54) is 0 Å². The molecule has 0 saturated heterocycles. The fourth-order valence-electron chi connectivity index (χ4n) is 0.920. The summed E-state index contributed by atoms with van der Waals surface area (Å²) >= 11 is 0. The normalized spacial score (nSPS) is 13.6. The molecule has 3 nitrogen and oxygen atoms in total. The van der Waals surface area contributed by atoms with Gasteiger partial charge in [-0.1, -0.05) is 18.2 Å². The minimum absolute atomic E-state index is 0.0280. The third-order valence-electron chi connectivity index (χ3n) is 1.47. The van der Waals surface area contributed by atoms with Crippen LogP contribution in [0, 0.1) is 0 Å². The Hall–Kier alpha value is -1.25. The van der Waals surface area contributed by atoms with Crippen molar-refractivity contribution in [2.24, 2.45) is 0 Å². The highest BCUT2D eigenvalue weighted by molar-refractivity contribution is 5.68. The number of nitrogens with one attached hydrogen (secondary N) is 1. The lowest BCUT2D eigenvalue weighted by Crippen LogP contribution is -2.36. The van der Waals surface area contributed by atoms with Crippen molar-refractivity contribution in [1.29, 1.82) is 0 Å². The maximum Gasteiger partial charge on any atom is 0.408 e. The Bertz CT molecular complexity index is 238. The first-order chi connectivity index (χ1) is 6.85. The van der Waals surface area contributed by atoms with Gasteiger partial charge in [0.2, 0.25) is 0 Å². The topological polar surface area (TPSA) is 38.3 Å². The van der Waals surface area contributed by atoms with Gasteiger partial charge in [-0.3, -0.25) is 0 Å². The van der Waals surface area contributed by atoms with E-state index in [0.717, 1.165) is 6.42 Å². The molecule has 1 atom stereocenters. The van der Waals surface area contributed by atoms with Crippen LogP contribution in [-0.2, 0) is 4.74 Å². The van der Waals surface area contributed by atoms with E-state index in [1.807, 2.05) is 39.8 Å². The standard InChI is InChI=1S/C12H21NO2/c1-6-7-8-9-10(2)13-11(14)15-12(3,4)5/h6,8-10H,1,7H2,2-5H3,(H,13,14)/t10-/m0/s1. The van der Waals surface area contributed by atoms with Gasteiger partial charge in [-0.2, -0.15) is 0 Å². The molecule has 0 saturated carbocycles. The number of amides is 1. The van der Waals surface area contributed by atoms with Gasteiger partial charge in [-0.25, -0.2) is 4.79 Å². The van der Waals surface area contributed by atoms with Crippen molar-refractivity contribution in [3.63, 3.8) is 0 Å². The zero-order chi connectivity index (χ0) is 11.9. The Morgan fingerprint density at radius 2 is 2.13 bits per heavy atom. The zero-order valence-corrected chi connectivity index (χ0v) is 10.0. The number of allylic oxidation sites excluding steroid dienone is 2. The predicted octanol–water partition coefficient (Wildman–Crippen LogP) is 3.03. The largest absolute Gasteiger partial charge is 0.444 e. The molecule has 0 aromatic carbocycles. The molecule has 0 heterocycles. The number of ether oxygens (including phenoxy) is 1. The summed E-state index contributed by atoms with van der Waals surface area (Å²) in [7, 11) is 0. The molecule has 0 rings (SSSR count). The third kappa shape index (κ3) is 9.06. The van der Waals surface area contributed by atoms with E-state index in [9.17, 15) is 4.79 Å². The molecule has 1 N–H and O–H groups in total. The summed E-state index contributed by atoms with van der Waals surface area (Å²) in [6, 6.07) is -0.0280. The van der Waals surface area contributed by atoms with Gasteiger partial charge < -0.3 is 10.1 Å². The van der Waals surface area contributed by atoms with Crippen LogP contribution >= 0.6 is 0 Å². The molecular formula is C12H21NO2. The average Bonchev–Trinajstić information content (AvgIpc) is 2.00. The van der Waals surface area contributed by atoms with E-state index >= 15 is 0 Å². The van der Waals surface area contributed by atoms with Crippen molar-refractivity contribution in [3.8, 4) is 0 Å². The van der Waals surface area contributed by atoms with E-state index < -0.39 is 11.7 Å². The number of alkyl carbamates (subject to hydrolysis) is 1. The molecule has 0 spiro atoms. The van der Waals surface area contributed by atoms with Gasteiger partial charge >= 0.3 is 6.09 Å². The van der Waals surface area contributed by atoms with Gasteiger partial charge in [0.25, 0.3) is 0 Å². The van der Waals surface area contributed by atoms with Crippen molar-refractivity contribution in [2.45, 2.75) is 45.8 Å². The maximum atomic E-state index is 11.3. The fourth-order valence-corrected chi connectivity index (χ4v) is 0.920. The molecule has 3 heteroatoms. The number of carbonyl (C=O) groups excluding carboxylic acids is 1. The molecule has 15 heavy (non-hydrogen) atoms. The molecule has 86 valence electrons. The molecule has 0 bridgehead atoms. The maximum absolute atomic E-state index is 11.3. The quantitative estimate of drug-likeness (QED) is 0.726. The lowest BCUT2D eigenvalue weighted by Gasteiger charge is -2.20. The van der Waals surface area contributed by atoms with Crippen molar-refractivity contribution in [2.75, 3.05) is 0 Å². The highest BCUT2D eigenvalue weighted by Crippen LogP contribution is 2.06. The first-order valence-corrected chi connectivity index (χ1v) is 5.12. The van der Waals surface area contributed by atoms with Crippen molar-refractivity contribution in [3.05, 3.63) is 24.8 Å². The Morgan fingerprint density at radius 3 is 2.60 bits per heavy atom. The van der Waals surface area contributed by atoms with Gasteiger partial charge in [0.1, 0.15) is 5.60 Å². The van der Waals surface area contributed by atoms with Crippen molar-refractivity contribution >= 4 is 6.09 Å². The third-order valence-corrected chi connectivity index (χ3v) is 1.47. The molecule has 0 aliphatic rings. The summed E-state index contributed by atoms with van der Waals surface area (Å²) < 4.78 is 5.11. The van der Waals surface area contributed by atoms with Crippen LogP contribution in [0.3, 0.4) is 0 Å². The van der Waals surface area contributed by atoms with Gasteiger partial charge in [0.15, 0.2) is 0 Å². The molecule has 0 aliphatic carbocycles. The van der Waals surface area contributed by atoms with Gasteiger partial charge in [0, 0.05) is 6.04 Å².